The minimum absolute atomic E-state index is 0.199. The van der Waals surface area contributed by atoms with Gasteiger partial charge in [0.2, 0.25) is 10.0 Å². The van der Waals surface area contributed by atoms with Gasteiger partial charge >= 0.3 is 0 Å². The fourth-order valence-electron chi connectivity index (χ4n) is 2.75. The molecular weight excluding hydrogens is 402 g/mol. The standard InChI is InChI=1S/C19H20ClN3O4S/c20-17-8-6-16(7-9-17)14-21-27-15-19(24)22-10-12-23(13-11-22)28(25,26)18-4-2-1-3-5-18/h1-9,14H,10-13,15H2/b21-14+. The highest BCUT2D eigenvalue weighted by Gasteiger charge is 2.29. The Bertz CT molecular complexity index is 925. The fourth-order valence-corrected chi connectivity index (χ4v) is 4.32. The first kappa shape index (κ1) is 20.3. The lowest BCUT2D eigenvalue weighted by molar-refractivity contribution is -0.137. The number of hydrogen-bond donors (Lipinski definition) is 0. The van der Waals surface area contributed by atoms with Crippen LogP contribution in [0.4, 0.5) is 0 Å². The van der Waals surface area contributed by atoms with Crippen molar-refractivity contribution in [1.29, 1.82) is 0 Å². The Labute approximate surface area is 169 Å². The number of piperazine rings is 1. The van der Waals surface area contributed by atoms with Crippen molar-refractivity contribution in [2.75, 3.05) is 32.8 Å². The van der Waals surface area contributed by atoms with E-state index in [1.165, 1.54) is 10.5 Å². The van der Waals surface area contributed by atoms with Crippen LogP contribution >= 0.6 is 11.6 Å². The van der Waals surface area contributed by atoms with E-state index in [2.05, 4.69) is 5.16 Å². The lowest BCUT2D eigenvalue weighted by Crippen LogP contribution is -2.51. The SMILES string of the molecule is O=C(CO/N=C/c1ccc(Cl)cc1)N1CCN(S(=O)(=O)c2ccccc2)CC1. The second-order valence-electron chi connectivity index (χ2n) is 6.16. The maximum absolute atomic E-state index is 12.6. The number of rotatable bonds is 6. The van der Waals surface area contributed by atoms with Crippen molar-refractivity contribution < 1.29 is 18.0 Å². The second-order valence-corrected chi connectivity index (χ2v) is 8.53. The molecule has 0 saturated carbocycles. The molecule has 1 heterocycles. The van der Waals surface area contributed by atoms with Crippen LogP contribution < -0.4 is 0 Å². The summed E-state index contributed by atoms with van der Waals surface area (Å²) in [5.74, 6) is -0.231. The Hall–Kier alpha value is -2.42. The highest BCUT2D eigenvalue weighted by Crippen LogP contribution is 2.17. The van der Waals surface area contributed by atoms with E-state index in [1.807, 2.05) is 0 Å². The van der Waals surface area contributed by atoms with Gasteiger partial charge in [0, 0.05) is 31.2 Å². The predicted molar refractivity (Wildman–Crippen MR) is 107 cm³/mol. The number of halogens is 1. The molecule has 0 radical (unpaired) electrons. The van der Waals surface area contributed by atoms with E-state index in [1.54, 1.807) is 59.5 Å². The quantitative estimate of drug-likeness (QED) is 0.529. The molecule has 1 saturated heterocycles. The number of amides is 1. The fraction of sp³-hybridized carbons (Fsp3) is 0.263. The first-order valence-corrected chi connectivity index (χ1v) is 10.5. The normalized spacial score (nSPS) is 15.7. The zero-order chi connectivity index (χ0) is 20.0. The van der Waals surface area contributed by atoms with Gasteiger partial charge in [-0.3, -0.25) is 4.79 Å². The molecule has 7 nitrogen and oxygen atoms in total. The molecule has 9 heteroatoms. The van der Waals surface area contributed by atoms with Gasteiger partial charge in [-0.25, -0.2) is 8.42 Å². The molecule has 0 aliphatic carbocycles. The van der Waals surface area contributed by atoms with Crippen LogP contribution in [0.1, 0.15) is 5.56 Å². The smallest absolute Gasteiger partial charge is 0.263 e. The number of sulfonamides is 1. The Morgan fingerprint density at radius 2 is 1.68 bits per heavy atom. The lowest BCUT2D eigenvalue weighted by Gasteiger charge is -2.33. The van der Waals surface area contributed by atoms with Gasteiger partial charge in [0.25, 0.3) is 5.91 Å². The number of benzene rings is 2. The average Bonchev–Trinajstić information content (AvgIpc) is 2.73. The molecule has 148 valence electrons. The largest absolute Gasteiger partial charge is 0.386 e. The van der Waals surface area contributed by atoms with E-state index < -0.39 is 10.0 Å². The van der Waals surface area contributed by atoms with Crippen molar-refractivity contribution in [3.63, 3.8) is 0 Å². The van der Waals surface area contributed by atoms with Gasteiger partial charge < -0.3 is 9.74 Å². The summed E-state index contributed by atoms with van der Waals surface area (Å²) in [5.41, 5.74) is 0.802. The molecule has 2 aromatic rings. The zero-order valence-corrected chi connectivity index (χ0v) is 16.6. The van der Waals surface area contributed by atoms with Gasteiger partial charge in [-0.15, -0.1) is 0 Å². The minimum atomic E-state index is -3.53. The monoisotopic (exact) mass is 421 g/mol. The van der Waals surface area contributed by atoms with Crippen LogP contribution in [0.15, 0.2) is 64.6 Å². The molecule has 0 N–H and O–H groups in total. The van der Waals surface area contributed by atoms with Gasteiger partial charge in [0.1, 0.15) is 0 Å². The minimum Gasteiger partial charge on any atom is -0.386 e. The van der Waals surface area contributed by atoms with Crippen LogP contribution in [-0.2, 0) is 19.7 Å². The molecule has 0 bridgehead atoms. The van der Waals surface area contributed by atoms with Crippen molar-refractivity contribution >= 4 is 33.7 Å². The third kappa shape index (κ3) is 5.09. The van der Waals surface area contributed by atoms with Crippen LogP contribution in [-0.4, -0.2) is 62.5 Å². The summed E-state index contributed by atoms with van der Waals surface area (Å²) in [6.45, 7) is 0.924. The van der Waals surface area contributed by atoms with Gasteiger partial charge in [-0.2, -0.15) is 4.31 Å². The van der Waals surface area contributed by atoms with E-state index in [0.29, 0.717) is 18.1 Å². The molecule has 0 aromatic heterocycles. The molecule has 1 amide bonds. The number of carbonyl (C=O) groups excluding carboxylic acids is 1. The maximum Gasteiger partial charge on any atom is 0.263 e. The van der Waals surface area contributed by atoms with Crippen LogP contribution in [0, 0.1) is 0 Å². The molecule has 28 heavy (non-hydrogen) atoms. The summed E-state index contributed by atoms with van der Waals surface area (Å²) in [7, 11) is -3.53. The van der Waals surface area contributed by atoms with Crippen molar-refractivity contribution in [2.45, 2.75) is 4.90 Å². The summed E-state index contributed by atoms with van der Waals surface area (Å²) in [5, 5.41) is 4.40. The number of nitrogens with zero attached hydrogens (tertiary/aromatic N) is 3. The number of hydrogen-bond acceptors (Lipinski definition) is 5. The van der Waals surface area contributed by atoms with E-state index in [9.17, 15) is 13.2 Å². The predicted octanol–water partition coefficient (Wildman–Crippen LogP) is 2.22. The Morgan fingerprint density at radius 1 is 1.04 bits per heavy atom. The molecule has 2 aromatic carbocycles. The van der Waals surface area contributed by atoms with Crippen molar-refractivity contribution in [3.8, 4) is 0 Å². The third-order valence-corrected chi connectivity index (χ3v) is 6.47. The van der Waals surface area contributed by atoms with Crippen molar-refractivity contribution in [3.05, 3.63) is 65.2 Å². The van der Waals surface area contributed by atoms with E-state index in [4.69, 9.17) is 16.4 Å². The summed E-state index contributed by atoms with van der Waals surface area (Å²) in [4.78, 5) is 19.1. The van der Waals surface area contributed by atoms with Gasteiger partial charge in [0.05, 0.1) is 11.1 Å². The molecule has 1 aliphatic heterocycles. The molecule has 0 unspecified atom stereocenters. The zero-order valence-electron chi connectivity index (χ0n) is 15.1. The molecular formula is C19H20ClN3O4S. The van der Waals surface area contributed by atoms with E-state index in [0.717, 1.165) is 5.56 Å². The molecule has 3 rings (SSSR count). The van der Waals surface area contributed by atoms with E-state index in [-0.39, 0.29) is 30.5 Å². The Kier molecular flexibility index (Phi) is 6.66. The van der Waals surface area contributed by atoms with Gasteiger partial charge in [-0.1, -0.05) is 47.1 Å². The molecule has 0 atom stereocenters. The summed E-state index contributed by atoms with van der Waals surface area (Å²) in [6.07, 6.45) is 1.49. The number of oxime groups is 1. The topological polar surface area (TPSA) is 79.3 Å². The summed E-state index contributed by atoms with van der Waals surface area (Å²) < 4.78 is 26.6. The van der Waals surface area contributed by atoms with Crippen molar-refractivity contribution in [1.82, 2.24) is 9.21 Å². The van der Waals surface area contributed by atoms with E-state index >= 15 is 0 Å². The Balaban J connectivity index is 1.47. The lowest BCUT2D eigenvalue weighted by atomic mass is 10.2. The first-order valence-electron chi connectivity index (χ1n) is 8.71. The maximum atomic E-state index is 12.6. The molecule has 1 fully saturated rings. The first-order chi connectivity index (χ1) is 13.5. The third-order valence-electron chi connectivity index (χ3n) is 4.31. The summed E-state index contributed by atoms with van der Waals surface area (Å²) >= 11 is 5.81. The molecule has 1 aliphatic rings. The van der Waals surface area contributed by atoms with Gasteiger partial charge in [0.15, 0.2) is 6.61 Å². The highest BCUT2D eigenvalue weighted by atomic mass is 35.5. The average molecular weight is 422 g/mol. The summed E-state index contributed by atoms with van der Waals surface area (Å²) in [6, 6.07) is 15.3. The van der Waals surface area contributed by atoms with Crippen LogP contribution in [0.3, 0.4) is 0 Å². The van der Waals surface area contributed by atoms with Gasteiger partial charge in [-0.05, 0) is 29.8 Å². The number of carbonyl (C=O) groups is 1. The Morgan fingerprint density at radius 3 is 2.32 bits per heavy atom. The van der Waals surface area contributed by atoms with Crippen molar-refractivity contribution in [2.24, 2.45) is 5.16 Å². The second kappa shape index (κ2) is 9.18. The van der Waals surface area contributed by atoms with Crippen LogP contribution in [0.2, 0.25) is 5.02 Å². The van der Waals surface area contributed by atoms with Crippen LogP contribution in [0.5, 0.6) is 0 Å². The molecule has 0 spiro atoms. The highest BCUT2D eigenvalue weighted by molar-refractivity contribution is 7.89. The van der Waals surface area contributed by atoms with Crippen LogP contribution in [0.25, 0.3) is 0 Å².